The first-order valence-corrected chi connectivity index (χ1v) is 7.46. The number of amides is 1. The topological polar surface area (TPSA) is 41.1 Å². The summed E-state index contributed by atoms with van der Waals surface area (Å²) in [6.07, 6.45) is 3.11. The second-order valence-electron chi connectivity index (χ2n) is 5.51. The Bertz CT molecular complexity index is 606. The number of hydrogen-bond donors (Lipinski definition) is 2. The number of carbonyl (C=O) groups is 1. The molecule has 1 fully saturated rings. The Labute approximate surface area is 125 Å². The minimum atomic E-state index is 0.0759. The van der Waals surface area contributed by atoms with Crippen LogP contribution in [0.3, 0.4) is 0 Å². The summed E-state index contributed by atoms with van der Waals surface area (Å²) in [4.78, 5) is 11.8. The molecule has 0 bridgehead atoms. The molecule has 3 rings (SSSR count). The quantitative estimate of drug-likeness (QED) is 0.854. The number of hydrogen-bond acceptors (Lipinski definition) is 2. The van der Waals surface area contributed by atoms with E-state index in [-0.39, 0.29) is 5.91 Å². The van der Waals surface area contributed by atoms with Gasteiger partial charge in [0.05, 0.1) is 6.54 Å². The minimum absolute atomic E-state index is 0.0759. The average Bonchev–Trinajstić information content (AvgIpc) is 3.31. The molecule has 0 aromatic heterocycles. The number of rotatable bonds is 6. The van der Waals surface area contributed by atoms with Crippen LogP contribution in [0.4, 0.5) is 5.69 Å². The van der Waals surface area contributed by atoms with Crippen LogP contribution in [0.25, 0.3) is 0 Å². The van der Waals surface area contributed by atoms with Crippen LogP contribution < -0.4 is 10.6 Å². The second kappa shape index (κ2) is 6.44. The van der Waals surface area contributed by atoms with Gasteiger partial charge in [-0.3, -0.25) is 4.79 Å². The molecule has 0 saturated heterocycles. The predicted molar refractivity (Wildman–Crippen MR) is 85.3 cm³/mol. The van der Waals surface area contributed by atoms with Crippen LogP contribution in [0.1, 0.15) is 24.0 Å². The average molecular weight is 280 g/mol. The fourth-order valence-corrected chi connectivity index (χ4v) is 2.34. The van der Waals surface area contributed by atoms with E-state index in [1.807, 2.05) is 24.3 Å². The van der Waals surface area contributed by atoms with Crippen LogP contribution in [0.5, 0.6) is 0 Å². The van der Waals surface area contributed by atoms with Crippen LogP contribution in [-0.2, 0) is 11.2 Å². The summed E-state index contributed by atoms with van der Waals surface area (Å²) in [6, 6.07) is 18.9. The third-order valence-electron chi connectivity index (χ3n) is 3.64. The summed E-state index contributed by atoms with van der Waals surface area (Å²) in [5.41, 5.74) is 3.52. The van der Waals surface area contributed by atoms with Crippen molar-refractivity contribution in [2.45, 2.75) is 25.3 Å². The van der Waals surface area contributed by atoms with Crippen molar-refractivity contribution in [3.05, 3.63) is 65.7 Å². The van der Waals surface area contributed by atoms with Gasteiger partial charge in [-0.15, -0.1) is 0 Å². The monoisotopic (exact) mass is 280 g/mol. The summed E-state index contributed by atoms with van der Waals surface area (Å²) in [7, 11) is 0. The van der Waals surface area contributed by atoms with E-state index in [0.29, 0.717) is 12.6 Å². The number of anilines is 1. The molecule has 0 atom stereocenters. The van der Waals surface area contributed by atoms with Gasteiger partial charge in [-0.1, -0.05) is 48.5 Å². The molecule has 2 N–H and O–H groups in total. The van der Waals surface area contributed by atoms with E-state index in [1.165, 1.54) is 11.1 Å². The molecule has 1 aliphatic carbocycles. The number of carbonyl (C=O) groups excluding carboxylic acids is 1. The van der Waals surface area contributed by atoms with Gasteiger partial charge in [0.25, 0.3) is 0 Å². The summed E-state index contributed by atoms with van der Waals surface area (Å²) < 4.78 is 0. The SMILES string of the molecule is O=C(CNc1ccccc1Cc1ccccc1)NC1CC1. The molecule has 108 valence electrons. The Morgan fingerprint density at radius 1 is 1.00 bits per heavy atom. The Morgan fingerprint density at radius 2 is 1.71 bits per heavy atom. The highest BCUT2D eigenvalue weighted by Gasteiger charge is 2.22. The highest BCUT2D eigenvalue weighted by molar-refractivity contribution is 5.81. The Hall–Kier alpha value is -2.29. The van der Waals surface area contributed by atoms with Crippen molar-refractivity contribution < 1.29 is 4.79 Å². The molecule has 3 nitrogen and oxygen atoms in total. The molecule has 3 heteroatoms. The van der Waals surface area contributed by atoms with E-state index in [1.54, 1.807) is 0 Å². The van der Waals surface area contributed by atoms with Gasteiger partial charge in [0.2, 0.25) is 5.91 Å². The third-order valence-corrected chi connectivity index (χ3v) is 3.64. The lowest BCUT2D eigenvalue weighted by Crippen LogP contribution is -2.31. The minimum Gasteiger partial charge on any atom is -0.376 e. The molecule has 1 saturated carbocycles. The molecule has 0 aliphatic heterocycles. The molecule has 0 unspecified atom stereocenters. The standard InChI is InChI=1S/C18H20N2O/c21-18(20-16-10-11-16)13-19-17-9-5-4-8-15(17)12-14-6-2-1-3-7-14/h1-9,16,19H,10-13H2,(H,20,21). The molecule has 21 heavy (non-hydrogen) atoms. The summed E-state index contributed by atoms with van der Waals surface area (Å²) in [5.74, 6) is 0.0759. The molecule has 2 aromatic rings. The molecular weight excluding hydrogens is 260 g/mol. The van der Waals surface area contributed by atoms with Crippen molar-refractivity contribution in [3.8, 4) is 0 Å². The van der Waals surface area contributed by atoms with E-state index < -0.39 is 0 Å². The van der Waals surface area contributed by atoms with Gasteiger partial charge in [-0.25, -0.2) is 0 Å². The van der Waals surface area contributed by atoms with Crippen molar-refractivity contribution >= 4 is 11.6 Å². The molecular formula is C18H20N2O. The zero-order valence-corrected chi connectivity index (χ0v) is 12.0. The van der Waals surface area contributed by atoms with E-state index >= 15 is 0 Å². The lowest BCUT2D eigenvalue weighted by atomic mass is 10.0. The molecule has 1 aliphatic rings. The maximum atomic E-state index is 11.8. The maximum absolute atomic E-state index is 11.8. The third kappa shape index (κ3) is 4.09. The Kier molecular flexibility index (Phi) is 4.20. The molecule has 0 heterocycles. The lowest BCUT2D eigenvalue weighted by molar-refractivity contribution is -0.119. The van der Waals surface area contributed by atoms with E-state index in [0.717, 1.165) is 24.9 Å². The predicted octanol–water partition coefficient (Wildman–Crippen LogP) is 2.97. The fourth-order valence-electron chi connectivity index (χ4n) is 2.34. The highest BCUT2D eigenvalue weighted by atomic mass is 16.2. The van der Waals surface area contributed by atoms with Gasteiger partial charge < -0.3 is 10.6 Å². The van der Waals surface area contributed by atoms with Gasteiger partial charge in [0, 0.05) is 11.7 Å². The smallest absolute Gasteiger partial charge is 0.239 e. The van der Waals surface area contributed by atoms with Crippen molar-refractivity contribution in [1.29, 1.82) is 0 Å². The van der Waals surface area contributed by atoms with Crippen LogP contribution >= 0.6 is 0 Å². The van der Waals surface area contributed by atoms with Crippen molar-refractivity contribution in [1.82, 2.24) is 5.32 Å². The molecule has 2 aromatic carbocycles. The first-order valence-electron chi connectivity index (χ1n) is 7.46. The summed E-state index contributed by atoms with van der Waals surface area (Å²) >= 11 is 0. The van der Waals surface area contributed by atoms with Gasteiger partial charge in [-0.2, -0.15) is 0 Å². The van der Waals surface area contributed by atoms with Crippen LogP contribution in [-0.4, -0.2) is 18.5 Å². The zero-order chi connectivity index (χ0) is 14.5. The van der Waals surface area contributed by atoms with Gasteiger partial charge in [0.15, 0.2) is 0 Å². The molecule has 0 spiro atoms. The first-order chi connectivity index (χ1) is 10.3. The van der Waals surface area contributed by atoms with Crippen LogP contribution in [0.2, 0.25) is 0 Å². The van der Waals surface area contributed by atoms with Gasteiger partial charge in [0.1, 0.15) is 0 Å². The molecule has 0 radical (unpaired) electrons. The fraction of sp³-hybridized carbons (Fsp3) is 0.278. The first kappa shape index (κ1) is 13.7. The van der Waals surface area contributed by atoms with Crippen LogP contribution in [0.15, 0.2) is 54.6 Å². The van der Waals surface area contributed by atoms with E-state index in [9.17, 15) is 4.79 Å². The van der Waals surface area contributed by atoms with Crippen molar-refractivity contribution in [2.75, 3.05) is 11.9 Å². The maximum Gasteiger partial charge on any atom is 0.239 e. The lowest BCUT2D eigenvalue weighted by Gasteiger charge is -2.12. The Balaban J connectivity index is 1.63. The number of benzene rings is 2. The summed E-state index contributed by atoms with van der Waals surface area (Å²) in [6.45, 7) is 0.336. The van der Waals surface area contributed by atoms with Crippen LogP contribution in [0, 0.1) is 0 Å². The number of para-hydroxylation sites is 1. The van der Waals surface area contributed by atoms with Crippen molar-refractivity contribution in [3.63, 3.8) is 0 Å². The zero-order valence-electron chi connectivity index (χ0n) is 12.0. The van der Waals surface area contributed by atoms with Gasteiger partial charge in [-0.05, 0) is 36.5 Å². The number of nitrogens with one attached hydrogen (secondary N) is 2. The van der Waals surface area contributed by atoms with Crippen molar-refractivity contribution in [2.24, 2.45) is 0 Å². The van der Waals surface area contributed by atoms with E-state index in [2.05, 4.69) is 41.0 Å². The molecule has 1 amide bonds. The van der Waals surface area contributed by atoms with E-state index in [4.69, 9.17) is 0 Å². The second-order valence-corrected chi connectivity index (χ2v) is 5.51. The van der Waals surface area contributed by atoms with Gasteiger partial charge >= 0.3 is 0 Å². The largest absolute Gasteiger partial charge is 0.376 e. The summed E-state index contributed by atoms with van der Waals surface area (Å²) in [5, 5.41) is 6.25. The normalized spacial score (nSPS) is 13.7. The Morgan fingerprint density at radius 3 is 2.48 bits per heavy atom. The highest BCUT2D eigenvalue weighted by Crippen LogP contribution is 2.20.